The van der Waals surface area contributed by atoms with E-state index in [1.807, 2.05) is 0 Å². The Hall–Kier alpha value is 0.270. The smallest absolute Gasteiger partial charge is 0.0848 e. The van der Waals surface area contributed by atoms with Crippen LogP contribution in [0.15, 0.2) is 0 Å². The first-order valence-electron chi connectivity index (χ1n) is 6.01. The van der Waals surface area contributed by atoms with Crippen LogP contribution in [0.1, 0.15) is 39.5 Å². The summed E-state index contributed by atoms with van der Waals surface area (Å²) in [6.07, 6.45) is 5.12. The summed E-state index contributed by atoms with van der Waals surface area (Å²) in [5.74, 6) is 2.73. The van der Waals surface area contributed by atoms with Gasteiger partial charge in [-0.2, -0.15) is 11.8 Å². The van der Waals surface area contributed by atoms with E-state index in [9.17, 15) is 0 Å². The summed E-state index contributed by atoms with van der Waals surface area (Å²) in [5.41, 5.74) is 0.490. The van der Waals surface area contributed by atoms with Crippen LogP contribution in [0.2, 0.25) is 0 Å². The average molecular weight is 230 g/mol. The largest absolute Gasteiger partial charge is 0.252 e. The van der Waals surface area contributed by atoms with Crippen molar-refractivity contribution in [1.29, 1.82) is 0 Å². The molecule has 0 bridgehead atoms. The maximum absolute atomic E-state index is 8.54. The highest BCUT2D eigenvalue weighted by Crippen LogP contribution is 2.51. The molecule has 2 rings (SSSR count). The zero-order valence-electron chi connectivity index (χ0n) is 9.74. The van der Waals surface area contributed by atoms with E-state index in [2.05, 4.69) is 30.5 Å². The van der Waals surface area contributed by atoms with Crippen molar-refractivity contribution in [2.45, 2.75) is 44.8 Å². The molecule has 1 saturated carbocycles. The van der Waals surface area contributed by atoms with Crippen molar-refractivity contribution < 1.29 is 10.1 Å². The van der Waals surface area contributed by atoms with Gasteiger partial charge in [-0.25, -0.2) is 4.89 Å². The minimum atomic E-state index is 0.490. The lowest BCUT2D eigenvalue weighted by Crippen LogP contribution is -2.42. The molecule has 88 valence electrons. The van der Waals surface area contributed by atoms with Gasteiger partial charge in [-0.05, 0) is 48.7 Å². The number of thioether (sulfide) groups is 1. The van der Waals surface area contributed by atoms with E-state index < -0.39 is 0 Å². The van der Waals surface area contributed by atoms with Gasteiger partial charge in [0.15, 0.2) is 0 Å². The van der Waals surface area contributed by atoms with Gasteiger partial charge in [0.05, 0.1) is 6.61 Å². The summed E-state index contributed by atoms with van der Waals surface area (Å²) >= 11 is 2.17. The molecule has 3 heteroatoms. The molecule has 2 fully saturated rings. The van der Waals surface area contributed by atoms with E-state index in [0.717, 1.165) is 11.2 Å². The Balaban J connectivity index is 2.00. The molecule has 3 atom stereocenters. The third-order valence-electron chi connectivity index (χ3n) is 4.29. The van der Waals surface area contributed by atoms with Crippen LogP contribution in [-0.4, -0.2) is 22.9 Å². The third kappa shape index (κ3) is 2.51. The Kier molecular flexibility index (Phi) is 3.63. The minimum Gasteiger partial charge on any atom is -0.252 e. The topological polar surface area (TPSA) is 29.5 Å². The molecule has 0 aromatic heterocycles. The lowest BCUT2D eigenvalue weighted by molar-refractivity contribution is -0.253. The zero-order chi connectivity index (χ0) is 10.9. The van der Waals surface area contributed by atoms with Crippen molar-refractivity contribution in [2.24, 2.45) is 17.3 Å². The van der Waals surface area contributed by atoms with Crippen LogP contribution in [0.25, 0.3) is 0 Å². The van der Waals surface area contributed by atoms with Crippen molar-refractivity contribution in [3.05, 3.63) is 0 Å². The van der Waals surface area contributed by atoms with E-state index in [0.29, 0.717) is 17.9 Å². The molecule has 1 saturated heterocycles. The predicted molar refractivity (Wildman–Crippen MR) is 64.1 cm³/mol. The highest BCUT2D eigenvalue weighted by atomic mass is 32.2. The Bertz CT molecular complexity index is 218. The van der Waals surface area contributed by atoms with Crippen LogP contribution in [0.4, 0.5) is 0 Å². The van der Waals surface area contributed by atoms with Gasteiger partial charge in [0, 0.05) is 5.25 Å². The highest BCUT2D eigenvalue weighted by Gasteiger charge is 2.42. The molecule has 1 aliphatic carbocycles. The Morgan fingerprint density at radius 3 is 2.93 bits per heavy atom. The average Bonchev–Trinajstić information content (AvgIpc) is 2.19. The molecule has 0 radical (unpaired) electrons. The monoisotopic (exact) mass is 230 g/mol. The number of hydrogen-bond donors (Lipinski definition) is 1. The van der Waals surface area contributed by atoms with Crippen LogP contribution >= 0.6 is 11.8 Å². The van der Waals surface area contributed by atoms with Gasteiger partial charge in [-0.15, -0.1) is 0 Å². The van der Waals surface area contributed by atoms with Gasteiger partial charge in [0.25, 0.3) is 0 Å². The number of rotatable bonds is 2. The molecule has 1 heterocycles. The summed E-state index contributed by atoms with van der Waals surface area (Å²) in [6, 6.07) is 0. The molecule has 0 aromatic rings. The molecular formula is C12H22O2S. The second-order valence-corrected chi connectivity index (χ2v) is 7.08. The molecule has 2 aliphatic rings. The van der Waals surface area contributed by atoms with Crippen molar-refractivity contribution in [1.82, 2.24) is 0 Å². The summed E-state index contributed by atoms with van der Waals surface area (Å²) in [5, 5.41) is 9.40. The Labute approximate surface area is 96.7 Å². The molecule has 0 spiro atoms. The normalized spacial score (nSPS) is 39.8. The van der Waals surface area contributed by atoms with Crippen LogP contribution in [0, 0.1) is 17.3 Å². The van der Waals surface area contributed by atoms with Crippen LogP contribution in [0.3, 0.4) is 0 Å². The lowest BCUT2D eigenvalue weighted by atomic mass is 9.66. The second kappa shape index (κ2) is 4.64. The van der Waals surface area contributed by atoms with E-state index in [-0.39, 0.29) is 0 Å². The molecule has 0 amide bonds. The van der Waals surface area contributed by atoms with Crippen molar-refractivity contribution in [3.63, 3.8) is 0 Å². The minimum absolute atomic E-state index is 0.490. The first kappa shape index (κ1) is 11.7. The van der Waals surface area contributed by atoms with Crippen molar-refractivity contribution in [3.8, 4) is 0 Å². The molecule has 1 N–H and O–H groups in total. The van der Waals surface area contributed by atoms with Gasteiger partial charge in [-0.3, -0.25) is 5.26 Å². The van der Waals surface area contributed by atoms with E-state index >= 15 is 0 Å². The fourth-order valence-corrected chi connectivity index (χ4v) is 5.13. The van der Waals surface area contributed by atoms with Gasteiger partial charge < -0.3 is 0 Å². The molecule has 15 heavy (non-hydrogen) atoms. The zero-order valence-corrected chi connectivity index (χ0v) is 10.6. The first-order valence-corrected chi connectivity index (χ1v) is 7.06. The van der Waals surface area contributed by atoms with Crippen molar-refractivity contribution >= 4 is 11.8 Å². The van der Waals surface area contributed by atoms with E-state index in [1.54, 1.807) is 0 Å². The van der Waals surface area contributed by atoms with Crippen LogP contribution < -0.4 is 0 Å². The Morgan fingerprint density at radius 1 is 1.40 bits per heavy atom. The SMILES string of the molecule is CC1(C)CCSC2CCC(COO)CC21. The molecule has 1 aliphatic heterocycles. The standard InChI is InChI=1S/C12H22O2S/c1-12(2)5-6-15-11-4-3-9(8-14-13)7-10(11)12/h9-11,13H,3-8H2,1-2H3. The summed E-state index contributed by atoms with van der Waals surface area (Å²) in [6.45, 7) is 5.35. The first-order chi connectivity index (χ1) is 7.13. The van der Waals surface area contributed by atoms with Gasteiger partial charge >= 0.3 is 0 Å². The number of hydrogen-bond acceptors (Lipinski definition) is 3. The van der Waals surface area contributed by atoms with Crippen LogP contribution in [0.5, 0.6) is 0 Å². The molecular weight excluding hydrogens is 208 g/mol. The van der Waals surface area contributed by atoms with Gasteiger partial charge in [0.1, 0.15) is 0 Å². The van der Waals surface area contributed by atoms with E-state index in [4.69, 9.17) is 5.26 Å². The second-order valence-electron chi connectivity index (χ2n) is 5.73. The summed E-state index contributed by atoms with van der Waals surface area (Å²) < 4.78 is 0. The maximum atomic E-state index is 8.54. The predicted octanol–water partition coefficient (Wildman–Crippen LogP) is 3.42. The lowest BCUT2D eigenvalue weighted by Gasteiger charge is -2.48. The molecule has 0 aromatic carbocycles. The highest BCUT2D eigenvalue weighted by molar-refractivity contribution is 7.99. The summed E-state index contributed by atoms with van der Waals surface area (Å²) in [4.78, 5) is 4.32. The third-order valence-corrected chi connectivity index (χ3v) is 5.72. The Morgan fingerprint density at radius 2 is 2.20 bits per heavy atom. The maximum Gasteiger partial charge on any atom is 0.0848 e. The molecule has 2 nitrogen and oxygen atoms in total. The summed E-state index contributed by atoms with van der Waals surface area (Å²) in [7, 11) is 0. The number of fused-ring (bicyclic) bond motifs is 1. The fraction of sp³-hybridized carbons (Fsp3) is 1.00. The van der Waals surface area contributed by atoms with Gasteiger partial charge in [-0.1, -0.05) is 13.8 Å². The van der Waals surface area contributed by atoms with Gasteiger partial charge in [0.2, 0.25) is 0 Å². The van der Waals surface area contributed by atoms with E-state index in [1.165, 1.54) is 31.4 Å². The molecule has 3 unspecified atom stereocenters. The van der Waals surface area contributed by atoms with Crippen molar-refractivity contribution in [2.75, 3.05) is 12.4 Å². The quantitative estimate of drug-likeness (QED) is 0.582. The fourth-order valence-electron chi connectivity index (χ4n) is 3.17. The van der Waals surface area contributed by atoms with Crippen LogP contribution in [-0.2, 0) is 4.89 Å².